The number of benzene rings is 3. The summed E-state index contributed by atoms with van der Waals surface area (Å²) in [6, 6.07) is 20.3. The van der Waals surface area contributed by atoms with Gasteiger partial charge in [0.1, 0.15) is 18.1 Å². The molecule has 1 saturated heterocycles. The highest BCUT2D eigenvalue weighted by molar-refractivity contribution is 7.59. The van der Waals surface area contributed by atoms with Gasteiger partial charge in [0.15, 0.2) is 0 Å². The quantitative estimate of drug-likeness (QED) is 0.198. The molecule has 40 heavy (non-hydrogen) atoms. The minimum atomic E-state index is -0.861. The second kappa shape index (κ2) is 12.8. The Balaban J connectivity index is 0.00000370. The fraction of sp³-hybridized carbons (Fsp3) is 0.303. The van der Waals surface area contributed by atoms with Gasteiger partial charge in [-0.25, -0.2) is 0 Å². The third-order valence-corrected chi connectivity index (χ3v) is 7.96. The first-order valence-corrected chi connectivity index (χ1v) is 13.9. The standard InChI is InChI=1S/C33H32O5S.H2S/c1-4-5-25(16-32(34)35)24-7-9-26(10-8-24)37-17-23-6-13-31-29(15-23)30(18-39-31)28-12-11-27(14-22(28)2)38-21-33(3)19-36-20-33;/h6-15,18,25H,16-17,19-21H2,1-3H3,(H,34,35);1H2/t25-;/m0./s1. The number of carboxylic acids is 1. The maximum absolute atomic E-state index is 11.2. The second-order valence-corrected chi connectivity index (χ2v) is 11.4. The molecule has 0 saturated carbocycles. The van der Waals surface area contributed by atoms with E-state index in [1.54, 1.807) is 18.3 Å². The number of carboxylic acid groups (broad SMARTS) is 1. The Morgan fingerprint density at radius 2 is 1.80 bits per heavy atom. The molecule has 0 radical (unpaired) electrons. The maximum atomic E-state index is 11.2. The van der Waals surface area contributed by atoms with Crippen molar-refractivity contribution in [3.63, 3.8) is 0 Å². The van der Waals surface area contributed by atoms with Crippen molar-refractivity contribution in [2.24, 2.45) is 5.41 Å². The molecule has 5 nitrogen and oxygen atoms in total. The largest absolute Gasteiger partial charge is 0.493 e. The van der Waals surface area contributed by atoms with Gasteiger partial charge in [-0.05, 0) is 77.9 Å². The third kappa shape index (κ3) is 6.82. The topological polar surface area (TPSA) is 65.0 Å². The number of ether oxygens (including phenoxy) is 3. The molecule has 1 aliphatic heterocycles. The van der Waals surface area contributed by atoms with Crippen LogP contribution in [-0.4, -0.2) is 30.9 Å². The average molecular weight is 575 g/mol. The molecule has 1 N–H and O–H groups in total. The molecule has 0 bridgehead atoms. The van der Waals surface area contributed by atoms with Crippen LogP contribution in [0.15, 0.2) is 66.0 Å². The summed E-state index contributed by atoms with van der Waals surface area (Å²) in [6.45, 7) is 8.64. The summed E-state index contributed by atoms with van der Waals surface area (Å²) >= 11 is 1.74. The van der Waals surface area contributed by atoms with Crippen molar-refractivity contribution >= 4 is 40.9 Å². The van der Waals surface area contributed by atoms with E-state index in [2.05, 4.69) is 67.5 Å². The normalized spacial score (nSPS) is 14.3. The van der Waals surface area contributed by atoms with E-state index in [0.717, 1.165) is 35.8 Å². The van der Waals surface area contributed by atoms with Crippen LogP contribution in [-0.2, 0) is 16.1 Å². The molecular weight excluding hydrogens is 540 g/mol. The number of fused-ring (bicyclic) bond motifs is 1. The van der Waals surface area contributed by atoms with E-state index in [-0.39, 0.29) is 31.2 Å². The highest BCUT2D eigenvalue weighted by atomic mass is 32.1. The van der Waals surface area contributed by atoms with Crippen molar-refractivity contribution in [1.82, 2.24) is 0 Å². The minimum absolute atomic E-state index is 0. The number of carbonyl (C=O) groups is 1. The van der Waals surface area contributed by atoms with Crippen molar-refractivity contribution in [2.45, 2.75) is 39.7 Å². The molecule has 1 fully saturated rings. The summed E-state index contributed by atoms with van der Waals surface area (Å²) in [6.07, 6.45) is -0.0197. The van der Waals surface area contributed by atoms with E-state index in [1.807, 2.05) is 24.3 Å². The zero-order chi connectivity index (χ0) is 27.4. The molecule has 4 aromatic rings. The summed E-state index contributed by atoms with van der Waals surface area (Å²) in [5, 5.41) is 12.6. The van der Waals surface area contributed by atoms with Gasteiger partial charge in [0.25, 0.3) is 0 Å². The molecule has 5 rings (SSSR count). The Kier molecular flexibility index (Phi) is 9.47. The lowest BCUT2D eigenvalue weighted by atomic mass is 9.90. The van der Waals surface area contributed by atoms with Crippen LogP contribution in [0.25, 0.3) is 21.2 Å². The Morgan fingerprint density at radius 1 is 1.05 bits per heavy atom. The zero-order valence-corrected chi connectivity index (χ0v) is 24.8. The SMILES string of the molecule is CC#C[C@@H](CC(=O)O)c1ccc(OCc2ccc3scc(-c4ccc(OCC5(C)COC5)cc4C)c3c2)cc1.S. The second-order valence-electron chi connectivity index (χ2n) is 10.5. The summed E-state index contributed by atoms with van der Waals surface area (Å²) in [4.78, 5) is 11.2. The Hall–Kier alpha value is -3.44. The Labute approximate surface area is 246 Å². The molecule has 208 valence electrons. The molecule has 3 aromatic carbocycles. The number of hydrogen-bond acceptors (Lipinski definition) is 5. The number of hydrogen-bond donors (Lipinski definition) is 1. The molecule has 0 unspecified atom stereocenters. The fourth-order valence-corrected chi connectivity index (χ4v) is 5.70. The number of thiophene rings is 1. The highest BCUT2D eigenvalue weighted by Gasteiger charge is 2.34. The van der Waals surface area contributed by atoms with E-state index in [1.165, 1.54) is 26.8 Å². The van der Waals surface area contributed by atoms with E-state index in [4.69, 9.17) is 14.2 Å². The molecule has 0 spiro atoms. The Bertz CT molecular complexity index is 1540. The summed E-state index contributed by atoms with van der Waals surface area (Å²) < 4.78 is 18.7. The van der Waals surface area contributed by atoms with E-state index in [9.17, 15) is 9.90 Å². The van der Waals surface area contributed by atoms with Crippen LogP contribution >= 0.6 is 24.8 Å². The summed E-state index contributed by atoms with van der Waals surface area (Å²) in [7, 11) is 0. The van der Waals surface area contributed by atoms with Crippen LogP contribution in [0, 0.1) is 24.2 Å². The molecule has 2 heterocycles. The van der Waals surface area contributed by atoms with Gasteiger partial charge in [-0.1, -0.05) is 37.1 Å². The van der Waals surface area contributed by atoms with Gasteiger partial charge in [-0.2, -0.15) is 13.5 Å². The minimum Gasteiger partial charge on any atom is -0.493 e. The highest BCUT2D eigenvalue weighted by Crippen LogP contribution is 2.38. The van der Waals surface area contributed by atoms with Crippen LogP contribution < -0.4 is 9.47 Å². The molecular formula is C33H34O5S2. The van der Waals surface area contributed by atoms with Crippen LogP contribution in [0.2, 0.25) is 0 Å². The van der Waals surface area contributed by atoms with Crippen molar-refractivity contribution < 1.29 is 24.1 Å². The van der Waals surface area contributed by atoms with Crippen LogP contribution in [0.5, 0.6) is 11.5 Å². The predicted octanol–water partition coefficient (Wildman–Crippen LogP) is 7.57. The van der Waals surface area contributed by atoms with Crippen molar-refractivity contribution in [3.05, 3.63) is 82.7 Å². The van der Waals surface area contributed by atoms with E-state index < -0.39 is 5.97 Å². The zero-order valence-electron chi connectivity index (χ0n) is 23.0. The molecule has 1 aromatic heterocycles. The fourth-order valence-electron chi connectivity index (χ4n) is 4.76. The van der Waals surface area contributed by atoms with E-state index in [0.29, 0.717) is 13.2 Å². The first kappa shape index (κ1) is 29.5. The number of aryl methyl sites for hydroxylation is 1. The van der Waals surface area contributed by atoms with Crippen LogP contribution in [0.1, 0.15) is 42.9 Å². The first-order valence-electron chi connectivity index (χ1n) is 13.0. The summed E-state index contributed by atoms with van der Waals surface area (Å²) in [5.74, 6) is 6.24. The maximum Gasteiger partial charge on any atom is 0.304 e. The molecule has 1 atom stereocenters. The average Bonchev–Trinajstić information content (AvgIpc) is 3.32. The molecule has 0 amide bonds. The molecule has 0 aliphatic carbocycles. The lowest BCUT2D eigenvalue weighted by Gasteiger charge is -2.37. The summed E-state index contributed by atoms with van der Waals surface area (Å²) in [5.41, 5.74) is 5.67. The smallest absolute Gasteiger partial charge is 0.304 e. The van der Waals surface area contributed by atoms with E-state index >= 15 is 0 Å². The number of aliphatic carboxylic acids is 1. The first-order chi connectivity index (χ1) is 18.8. The van der Waals surface area contributed by atoms with Crippen LogP contribution in [0.3, 0.4) is 0 Å². The Morgan fingerprint density at radius 3 is 2.45 bits per heavy atom. The van der Waals surface area contributed by atoms with Gasteiger partial charge in [0.2, 0.25) is 0 Å². The van der Waals surface area contributed by atoms with Gasteiger partial charge in [0.05, 0.1) is 32.2 Å². The monoisotopic (exact) mass is 574 g/mol. The van der Waals surface area contributed by atoms with Crippen molar-refractivity contribution in [1.29, 1.82) is 0 Å². The number of rotatable bonds is 10. The van der Waals surface area contributed by atoms with Gasteiger partial charge < -0.3 is 19.3 Å². The molecule has 1 aliphatic rings. The van der Waals surface area contributed by atoms with Crippen molar-refractivity contribution in [2.75, 3.05) is 19.8 Å². The third-order valence-electron chi connectivity index (χ3n) is 7.00. The molecule has 7 heteroatoms. The lowest BCUT2D eigenvalue weighted by molar-refractivity contribution is -0.137. The van der Waals surface area contributed by atoms with Crippen LogP contribution in [0.4, 0.5) is 0 Å². The van der Waals surface area contributed by atoms with Gasteiger partial charge in [-0.15, -0.1) is 17.3 Å². The lowest BCUT2D eigenvalue weighted by Crippen LogP contribution is -2.44. The van der Waals surface area contributed by atoms with Gasteiger partial charge >= 0.3 is 5.97 Å². The van der Waals surface area contributed by atoms with Gasteiger partial charge in [0, 0.05) is 21.1 Å². The van der Waals surface area contributed by atoms with Crippen molar-refractivity contribution in [3.8, 4) is 34.5 Å². The van der Waals surface area contributed by atoms with Gasteiger partial charge in [-0.3, -0.25) is 4.79 Å². The predicted molar refractivity (Wildman–Crippen MR) is 166 cm³/mol.